The SMILES string of the molecule is COc1ccc(C2(c3ccccc3)CC2)cc1. The Bertz CT molecular complexity index is 495. The molecule has 1 heteroatoms. The van der Waals surface area contributed by atoms with Gasteiger partial charge in [-0.05, 0) is 36.1 Å². The van der Waals surface area contributed by atoms with Crippen molar-refractivity contribution in [2.24, 2.45) is 0 Å². The molecule has 2 aromatic carbocycles. The first kappa shape index (κ1) is 10.4. The second-order valence-electron chi connectivity index (χ2n) is 4.68. The largest absolute Gasteiger partial charge is 0.497 e. The van der Waals surface area contributed by atoms with Crippen LogP contribution in [-0.2, 0) is 5.41 Å². The molecule has 86 valence electrons. The molecule has 0 N–H and O–H groups in total. The Morgan fingerprint density at radius 1 is 0.824 bits per heavy atom. The molecule has 1 aliphatic rings. The predicted octanol–water partition coefficient (Wildman–Crippen LogP) is 3.78. The third kappa shape index (κ3) is 1.72. The van der Waals surface area contributed by atoms with Gasteiger partial charge in [0.2, 0.25) is 0 Å². The van der Waals surface area contributed by atoms with Gasteiger partial charge in [-0.15, -0.1) is 0 Å². The zero-order valence-electron chi connectivity index (χ0n) is 10.0. The van der Waals surface area contributed by atoms with E-state index in [0.29, 0.717) is 0 Å². The highest BCUT2D eigenvalue weighted by Gasteiger charge is 2.45. The summed E-state index contributed by atoms with van der Waals surface area (Å²) in [5, 5.41) is 0. The first-order valence-corrected chi connectivity index (χ1v) is 6.05. The van der Waals surface area contributed by atoms with E-state index in [0.717, 1.165) is 5.75 Å². The van der Waals surface area contributed by atoms with Crippen molar-refractivity contribution in [3.8, 4) is 5.75 Å². The summed E-state index contributed by atoms with van der Waals surface area (Å²) in [6, 6.07) is 19.3. The Hall–Kier alpha value is -1.76. The van der Waals surface area contributed by atoms with Crippen molar-refractivity contribution in [3.63, 3.8) is 0 Å². The van der Waals surface area contributed by atoms with E-state index in [1.54, 1.807) is 7.11 Å². The molecule has 1 nitrogen and oxygen atoms in total. The van der Waals surface area contributed by atoms with Crippen LogP contribution in [0, 0.1) is 0 Å². The second-order valence-corrected chi connectivity index (χ2v) is 4.68. The Balaban J connectivity index is 1.98. The van der Waals surface area contributed by atoms with Crippen LogP contribution < -0.4 is 4.74 Å². The molecule has 1 saturated carbocycles. The second kappa shape index (κ2) is 3.92. The summed E-state index contributed by atoms with van der Waals surface area (Å²) in [5.41, 5.74) is 3.11. The molecule has 0 atom stereocenters. The molecular weight excluding hydrogens is 208 g/mol. The van der Waals surface area contributed by atoms with Crippen LogP contribution in [0.15, 0.2) is 54.6 Å². The van der Waals surface area contributed by atoms with Crippen LogP contribution in [0.2, 0.25) is 0 Å². The summed E-state index contributed by atoms with van der Waals surface area (Å²) < 4.78 is 5.21. The van der Waals surface area contributed by atoms with Crippen molar-refractivity contribution >= 4 is 0 Å². The van der Waals surface area contributed by atoms with E-state index < -0.39 is 0 Å². The lowest BCUT2D eigenvalue weighted by Gasteiger charge is -2.16. The molecule has 3 rings (SSSR count). The number of rotatable bonds is 3. The maximum Gasteiger partial charge on any atom is 0.118 e. The zero-order valence-corrected chi connectivity index (χ0v) is 10.0. The van der Waals surface area contributed by atoms with E-state index >= 15 is 0 Å². The molecule has 0 spiro atoms. The van der Waals surface area contributed by atoms with Crippen molar-refractivity contribution in [2.75, 3.05) is 7.11 Å². The Morgan fingerprint density at radius 3 is 1.94 bits per heavy atom. The normalized spacial score (nSPS) is 16.5. The fourth-order valence-electron chi connectivity index (χ4n) is 2.54. The van der Waals surface area contributed by atoms with Gasteiger partial charge in [-0.2, -0.15) is 0 Å². The number of hydrogen-bond donors (Lipinski definition) is 0. The maximum absolute atomic E-state index is 5.21. The van der Waals surface area contributed by atoms with Gasteiger partial charge < -0.3 is 4.74 Å². The molecule has 0 heterocycles. The molecule has 0 amide bonds. The third-order valence-electron chi connectivity index (χ3n) is 3.72. The highest BCUT2D eigenvalue weighted by molar-refractivity contribution is 5.46. The summed E-state index contributed by atoms with van der Waals surface area (Å²) in [7, 11) is 1.71. The maximum atomic E-state index is 5.21. The van der Waals surface area contributed by atoms with Crippen molar-refractivity contribution in [3.05, 3.63) is 65.7 Å². The van der Waals surface area contributed by atoms with Gasteiger partial charge in [0.15, 0.2) is 0 Å². The minimum atomic E-state index is 0.271. The van der Waals surface area contributed by atoms with Crippen LogP contribution in [0.5, 0.6) is 5.75 Å². The summed E-state index contributed by atoms with van der Waals surface area (Å²) in [4.78, 5) is 0. The number of hydrogen-bond acceptors (Lipinski definition) is 1. The lowest BCUT2D eigenvalue weighted by molar-refractivity contribution is 0.414. The molecule has 0 unspecified atom stereocenters. The van der Waals surface area contributed by atoms with Crippen LogP contribution in [0.3, 0.4) is 0 Å². The molecular formula is C16H16O. The van der Waals surface area contributed by atoms with E-state index in [2.05, 4.69) is 54.6 Å². The first-order chi connectivity index (χ1) is 8.35. The van der Waals surface area contributed by atoms with Crippen molar-refractivity contribution in [1.29, 1.82) is 0 Å². The molecule has 0 radical (unpaired) electrons. The molecule has 2 aromatic rings. The van der Waals surface area contributed by atoms with Gasteiger partial charge in [-0.3, -0.25) is 0 Å². The summed E-state index contributed by atoms with van der Waals surface area (Å²) in [5.74, 6) is 0.928. The molecule has 0 bridgehead atoms. The minimum absolute atomic E-state index is 0.271. The summed E-state index contributed by atoms with van der Waals surface area (Å²) in [6.45, 7) is 0. The van der Waals surface area contributed by atoms with Gasteiger partial charge in [0, 0.05) is 5.41 Å². The van der Waals surface area contributed by atoms with Crippen LogP contribution in [0.25, 0.3) is 0 Å². The highest BCUT2D eigenvalue weighted by atomic mass is 16.5. The standard InChI is InChI=1S/C16H16O/c1-17-15-9-7-14(8-10-15)16(11-12-16)13-5-3-2-4-6-13/h2-10H,11-12H2,1H3. The van der Waals surface area contributed by atoms with Gasteiger partial charge in [-0.25, -0.2) is 0 Å². The van der Waals surface area contributed by atoms with Crippen LogP contribution in [0.4, 0.5) is 0 Å². The molecule has 0 aromatic heterocycles. The fraction of sp³-hybridized carbons (Fsp3) is 0.250. The average Bonchev–Trinajstić information content (AvgIpc) is 3.21. The van der Waals surface area contributed by atoms with E-state index in [4.69, 9.17) is 4.74 Å². The third-order valence-corrected chi connectivity index (χ3v) is 3.72. The van der Waals surface area contributed by atoms with Gasteiger partial charge in [-0.1, -0.05) is 42.5 Å². The highest BCUT2D eigenvalue weighted by Crippen LogP contribution is 2.53. The molecule has 1 fully saturated rings. The Kier molecular flexibility index (Phi) is 2.40. The van der Waals surface area contributed by atoms with E-state index in [1.807, 2.05) is 0 Å². The first-order valence-electron chi connectivity index (χ1n) is 6.05. The Labute approximate surface area is 102 Å². The Morgan fingerprint density at radius 2 is 1.41 bits per heavy atom. The van der Waals surface area contributed by atoms with Gasteiger partial charge >= 0.3 is 0 Å². The average molecular weight is 224 g/mol. The van der Waals surface area contributed by atoms with Crippen molar-refractivity contribution in [2.45, 2.75) is 18.3 Å². The predicted molar refractivity (Wildman–Crippen MR) is 69.5 cm³/mol. The molecule has 0 saturated heterocycles. The molecule has 0 aliphatic heterocycles. The number of methoxy groups -OCH3 is 1. The van der Waals surface area contributed by atoms with E-state index in [-0.39, 0.29) is 5.41 Å². The monoisotopic (exact) mass is 224 g/mol. The zero-order chi connectivity index (χ0) is 11.7. The van der Waals surface area contributed by atoms with Gasteiger partial charge in [0.05, 0.1) is 7.11 Å². The molecule has 1 aliphatic carbocycles. The number of ether oxygens (including phenoxy) is 1. The summed E-state index contributed by atoms with van der Waals surface area (Å²) >= 11 is 0. The minimum Gasteiger partial charge on any atom is -0.497 e. The van der Waals surface area contributed by atoms with Gasteiger partial charge in [0.25, 0.3) is 0 Å². The van der Waals surface area contributed by atoms with Crippen molar-refractivity contribution < 1.29 is 4.74 Å². The van der Waals surface area contributed by atoms with Crippen LogP contribution in [-0.4, -0.2) is 7.11 Å². The molecule has 17 heavy (non-hydrogen) atoms. The smallest absolute Gasteiger partial charge is 0.118 e. The van der Waals surface area contributed by atoms with Crippen LogP contribution in [0.1, 0.15) is 24.0 Å². The van der Waals surface area contributed by atoms with Crippen LogP contribution >= 0.6 is 0 Å². The van der Waals surface area contributed by atoms with Crippen molar-refractivity contribution in [1.82, 2.24) is 0 Å². The quantitative estimate of drug-likeness (QED) is 0.771. The fourth-order valence-corrected chi connectivity index (χ4v) is 2.54. The lowest BCUT2D eigenvalue weighted by atomic mass is 9.88. The lowest BCUT2D eigenvalue weighted by Crippen LogP contribution is -2.07. The van der Waals surface area contributed by atoms with E-state index in [1.165, 1.54) is 24.0 Å². The summed E-state index contributed by atoms with van der Waals surface area (Å²) in [6.07, 6.45) is 2.51. The topological polar surface area (TPSA) is 9.23 Å². The number of benzene rings is 2. The van der Waals surface area contributed by atoms with Gasteiger partial charge in [0.1, 0.15) is 5.75 Å². The van der Waals surface area contributed by atoms with E-state index in [9.17, 15) is 0 Å².